The molecule has 0 N–H and O–H groups in total. The van der Waals surface area contributed by atoms with Crippen LogP contribution in [0.25, 0.3) is 0 Å². The summed E-state index contributed by atoms with van der Waals surface area (Å²) in [5, 5.41) is 6.68. The highest BCUT2D eigenvalue weighted by molar-refractivity contribution is 5.67. The largest absolute Gasteiger partial charge is 0.452 e. The van der Waals surface area contributed by atoms with Crippen molar-refractivity contribution in [2.45, 2.75) is 6.92 Å². The summed E-state index contributed by atoms with van der Waals surface area (Å²) in [4.78, 5) is 18.1. The molecule has 0 aliphatic rings. The van der Waals surface area contributed by atoms with E-state index in [0.29, 0.717) is 0 Å². The molecule has 6 nitrogen and oxygen atoms in total. The van der Waals surface area contributed by atoms with Gasteiger partial charge in [0.15, 0.2) is 0 Å². The normalized spacial score (nSPS) is 10.2. The Labute approximate surface area is 74.7 Å². The van der Waals surface area contributed by atoms with Crippen LogP contribution in [0.5, 0.6) is 0 Å². The second kappa shape index (κ2) is 4.91. The van der Waals surface area contributed by atoms with Crippen molar-refractivity contribution in [1.29, 1.82) is 0 Å². The van der Waals surface area contributed by atoms with E-state index in [-0.39, 0.29) is 12.6 Å². The van der Waals surface area contributed by atoms with E-state index in [4.69, 9.17) is 0 Å². The summed E-state index contributed by atoms with van der Waals surface area (Å²) in [5.41, 5.74) is 0. The standard InChI is InChI=1S/C7H8N4O2/c1-2-13-7(12)11-10-6-8-4-3-5-9-6/h3-5H,2H2,1H3/b11-10+. The molecule has 0 bridgehead atoms. The van der Waals surface area contributed by atoms with Gasteiger partial charge in [-0.25, -0.2) is 14.8 Å². The number of hydrogen-bond donors (Lipinski definition) is 0. The van der Waals surface area contributed by atoms with Crippen molar-refractivity contribution < 1.29 is 9.53 Å². The van der Waals surface area contributed by atoms with Gasteiger partial charge in [-0.1, -0.05) is 5.11 Å². The fraction of sp³-hybridized carbons (Fsp3) is 0.286. The minimum absolute atomic E-state index is 0.135. The molecule has 1 aromatic rings. The molecule has 0 spiro atoms. The lowest BCUT2D eigenvalue weighted by atomic mass is 10.7. The van der Waals surface area contributed by atoms with Gasteiger partial charge in [0.1, 0.15) is 0 Å². The van der Waals surface area contributed by atoms with Crippen LogP contribution in [-0.2, 0) is 4.74 Å². The molecule has 68 valence electrons. The van der Waals surface area contributed by atoms with Crippen molar-refractivity contribution in [2.24, 2.45) is 10.2 Å². The van der Waals surface area contributed by atoms with Gasteiger partial charge in [0.25, 0.3) is 5.95 Å². The van der Waals surface area contributed by atoms with Crippen molar-refractivity contribution in [1.82, 2.24) is 9.97 Å². The SMILES string of the molecule is CCOC(=O)/N=N/c1ncccn1. The van der Waals surface area contributed by atoms with Crippen LogP contribution in [-0.4, -0.2) is 22.7 Å². The average Bonchev–Trinajstić information content (AvgIpc) is 2.17. The van der Waals surface area contributed by atoms with Gasteiger partial charge < -0.3 is 4.74 Å². The number of azo groups is 1. The monoisotopic (exact) mass is 180 g/mol. The molecule has 0 unspecified atom stereocenters. The zero-order valence-corrected chi connectivity index (χ0v) is 7.04. The fourth-order valence-corrected chi connectivity index (χ4v) is 0.581. The smallest absolute Gasteiger partial charge is 0.447 e. The predicted molar refractivity (Wildman–Crippen MR) is 43.6 cm³/mol. The lowest BCUT2D eigenvalue weighted by Crippen LogP contribution is -1.95. The molecule has 0 aliphatic heterocycles. The number of carbonyl (C=O) groups excluding carboxylic acids is 1. The number of nitrogens with zero attached hydrogens (tertiary/aromatic N) is 4. The van der Waals surface area contributed by atoms with Crippen molar-refractivity contribution in [3.05, 3.63) is 18.5 Å². The maximum atomic E-state index is 10.7. The highest BCUT2D eigenvalue weighted by Crippen LogP contribution is 2.00. The van der Waals surface area contributed by atoms with Crippen LogP contribution in [0.2, 0.25) is 0 Å². The molecule has 0 saturated carbocycles. The Morgan fingerprint density at radius 3 is 2.85 bits per heavy atom. The van der Waals surface area contributed by atoms with Crippen molar-refractivity contribution in [3.8, 4) is 0 Å². The van der Waals surface area contributed by atoms with Crippen LogP contribution in [0, 0.1) is 0 Å². The minimum atomic E-state index is -0.741. The second-order valence-electron chi connectivity index (χ2n) is 1.95. The van der Waals surface area contributed by atoms with E-state index in [1.54, 1.807) is 13.0 Å². The zero-order valence-electron chi connectivity index (χ0n) is 7.04. The molecular weight excluding hydrogens is 172 g/mol. The molecule has 13 heavy (non-hydrogen) atoms. The third-order valence-electron chi connectivity index (χ3n) is 1.04. The summed E-state index contributed by atoms with van der Waals surface area (Å²) in [6, 6.07) is 1.64. The first kappa shape index (κ1) is 9.24. The molecule has 0 fully saturated rings. The van der Waals surface area contributed by atoms with Gasteiger partial charge in [0, 0.05) is 12.4 Å². The predicted octanol–water partition coefficient (Wildman–Crippen LogP) is 1.72. The van der Waals surface area contributed by atoms with Gasteiger partial charge in [-0.3, -0.25) is 0 Å². The molecule has 6 heteroatoms. The highest BCUT2D eigenvalue weighted by atomic mass is 16.5. The molecule has 0 aromatic carbocycles. The first-order valence-electron chi connectivity index (χ1n) is 3.68. The first-order chi connectivity index (χ1) is 6.33. The number of aromatic nitrogens is 2. The Morgan fingerprint density at radius 1 is 1.54 bits per heavy atom. The maximum absolute atomic E-state index is 10.7. The zero-order chi connectivity index (χ0) is 9.52. The van der Waals surface area contributed by atoms with Gasteiger partial charge in [0.05, 0.1) is 6.61 Å². The molecule has 1 amide bonds. The fourth-order valence-electron chi connectivity index (χ4n) is 0.581. The average molecular weight is 180 g/mol. The Balaban J connectivity index is 2.54. The van der Waals surface area contributed by atoms with E-state index in [1.807, 2.05) is 0 Å². The quantitative estimate of drug-likeness (QED) is 0.649. The molecule has 1 aromatic heterocycles. The number of hydrogen-bond acceptors (Lipinski definition) is 5. The third-order valence-corrected chi connectivity index (χ3v) is 1.04. The number of ether oxygens (including phenoxy) is 1. The van der Waals surface area contributed by atoms with E-state index < -0.39 is 6.09 Å². The van der Waals surface area contributed by atoms with Gasteiger partial charge in [0.2, 0.25) is 0 Å². The second-order valence-corrected chi connectivity index (χ2v) is 1.95. The van der Waals surface area contributed by atoms with Crippen molar-refractivity contribution in [3.63, 3.8) is 0 Å². The Morgan fingerprint density at radius 2 is 2.23 bits per heavy atom. The van der Waals surface area contributed by atoms with Crippen LogP contribution in [0.15, 0.2) is 28.7 Å². The Bertz CT molecular complexity index is 299. The molecule has 1 rings (SSSR count). The topological polar surface area (TPSA) is 76.8 Å². The maximum Gasteiger partial charge on any atom is 0.452 e. The molecular formula is C7H8N4O2. The van der Waals surface area contributed by atoms with E-state index in [0.717, 1.165) is 0 Å². The summed E-state index contributed by atoms with van der Waals surface area (Å²) in [6.07, 6.45) is 2.27. The highest BCUT2D eigenvalue weighted by Gasteiger charge is 1.96. The molecule has 0 aliphatic carbocycles. The molecule has 0 saturated heterocycles. The summed E-state index contributed by atoms with van der Waals surface area (Å²) in [6.45, 7) is 1.96. The van der Waals surface area contributed by atoms with Crippen LogP contribution >= 0.6 is 0 Å². The Hall–Kier alpha value is -1.85. The summed E-state index contributed by atoms with van der Waals surface area (Å²) >= 11 is 0. The van der Waals surface area contributed by atoms with Gasteiger partial charge in [-0.05, 0) is 13.0 Å². The summed E-state index contributed by atoms with van der Waals surface area (Å²) in [5.74, 6) is 0.135. The van der Waals surface area contributed by atoms with Crippen LogP contribution in [0.1, 0.15) is 6.92 Å². The summed E-state index contributed by atoms with van der Waals surface area (Å²) in [7, 11) is 0. The molecule has 0 atom stereocenters. The van der Waals surface area contributed by atoms with E-state index in [9.17, 15) is 4.79 Å². The number of amides is 1. The van der Waals surface area contributed by atoms with E-state index >= 15 is 0 Å². The lowest BCUT2D eigenvalue weighted by molar-refractivity contribution is 0.161. The van der Waals surface area contributed by atoms with Crippen molar-refractivity contribution >= 4 is 12.0 Å². The number of carbonyl (C=O) groups is 1. The van der Waals surface area contributed by atoms with Gasteiger partial charge >= 0.3 is 6.09 Å². The minimum Gasteiger partial charge on any atom is -0.447 e. The van der Waals surface area contributed by atoms with Gasteiger partial charge in [-0.2, -0.15) is 0 Å². The van der Waals surface area contributed by atoms with Crippen LogP contribution < -0.4 is 0 Å². The third kappa shape index (κ3) is 3.37. The first-order valence-corrected chi connectivity index (χ1v) is 3.68. The molecule has 0 radical (unpaired) electrons. The number of rotatable bonds is 2. The lowest BCUT2D eigenvalue weighted by Gasteiger charge is -1.91. The van der Waals surface area contributed by atoms with Crippen molar-refractivity contribution in [2.75, 3.05) is 6.61 Å². The Kier molecular flexibility index (Phi) is 3.49. The van der Waals surface area contributed by atoms with Crippen LogP contribution in [0.4, 0.5) is 10.7 Å². The van der Waals surface area contributed by atoms with Crippen LogP contribution in [0.3, 0.4) is 0 Å². The van der Waals surface area contributed by atoms with Gasteiger partial charge in [-0.15, -0.1) is 5.11 Å². The molecule has 1 heterocycles. The van der Waals surface area contributed by atoms with E-state index in [2.05, 4.69) is 24.9 Å². The van der Waals surface area contributed by atoms with E-state index in [1.165, 1.54) is 12.4 Å². The summed E-state index contributed by atoms with van der Waals surface area (Å²) < 4.78 is 4.51.